The monoisotopic (exact) mass is 415 g/mol. The van der Waals surface area contributed by atoms with Crippen LogP contribution >= 0.6 is 23.2 Å². The highest BCUT2D eigenvalue weighted by Crippen LogP contribution is 2.37. The van der Waals surface area contributed by atoms with Gasteiger partial charge in [-0.1, -0.05) is 59.6 Å². The van der Waals surface area contributed by atoms with Crippen molar-refractivity contribution >= 4 is 35.1 Å². The van der Waals surface area contributed by atoms with E-state index in [4.69, 9.17) is 23.2 Å². The lowest BCUT2D eigenvalue weighted by Gasteiger charge is -2.31. The van der Waals surface area contributed by atoms with Gasteiger partial charge in [-0.3, -0.25) is 9.69 Å². The summed E-state index contributed by atoms with van der Waals surface area (Å²) in [6.45, 7) is 1.01. The number of hydrogen-bond acceptors (Lipinski definition) is 2. The summed E-state index contributed by atoms with van der Waals surface area (Å²) in [5.74, 6) is -0.0612. The molecule has 0 spiro atoms. The van der Waals surface area contributed by atoms with Gasteiger partial charge in [0, 0.05) is 13.6 Å². The number of nitrogens with one attached hydrogen (secondary N) is 1. The van der Waals surface area contributed by atoms with Gasteiger partial charge in [-0.05, 0) is 29.7 Å². The molecule has 144 valence electrons. The molecule has 1 atom stereocenters. The summed E-state index contributed by atoms with van der Waals surface area (Å²) in [6.07, 6.45) is 0.760. The van der Waals surface area contributed by atoms with Crippen LogP contribution in [0.25, 0.3) is 0 Å². The fraction of sp³-hybridized carbons (Fsp3) is 0.238. The molecule has 28 heavy (non-hydrogen) atoms. The van der Waals surface area contributed by atoms with Crippen LogP contribution in [0.5, 0.6) is 0 Å². The van der Waals surface area contributed by atoms with Gasteiger partial charge < -0.3 is 10.2 Å². The van der Waals surface area contributed by atoms with Gasteiger partial charge in [0.15, 0.2) is 0 Å². The number of hydrogen-bond donors (Lipinski definition) is 1. The molecule has 0 saturated carbocycles. The van der Waals surface area contributed by atoms with Crippen molar-refractivity contribution in [3.8, 4) is 0 Å². The van der Waals surface area contributed by atoms with Crippen molar-refractivity contribution in [1.29, 1.82) is 0 Å². The molecule has 5 nitrogen and oxygen atoms in total. The van der Waals surface area contributed by atoms with Crippen LogP contribution in [0.15, 0.2) is 59.8 Å². The van der Waals surface area contributed by atoms with E-state index in [1.165, 1.54) is 10.5 Å². The normalized spacial score (nSPS) is 19.2. The summed E-state index contributed by atoms with van der Waals surface area (Å²) in [7, 11) is 1.68. The second-order valence-corrected chi connectivity index (χ2v) is 7.75. The zero-order valence-electron chi connectivity index (χ0n) is 15.3. The molecule has 0 aliphatic carbocycles. The van der Waals surface area contributed by atoms with Crippen LogP contribution in [0.2, 0.25) is 10.0 Å². The number of likely N-dealkylation sites (N-methyl/N-ethyl adjacent to an activating group) is 1. The van der Waals surface area contributed by atoms with Gasteiger partial charge in [-0.25, -0.2) is 4.79 Å². The van der Waals surface area contributed by atoms with Gasteiger partial charge in [0.1, 0.15) is 0 Å². The highest BCUT2D eigenvalue weighted by Gasteiger charge is 2.42. The van der Waals surface area contributed by atoms with Gasteiger partial charge >= 0.3 is 6.03 Å². The Hall–Kier alpha value is -2.50. The standard InChI is InChI=1S/C21H19Cl2N3O2/c1-25-17-12-26(10-9-13-5-3-2-4-6-13)20(27)18(17)19(24-21(25)28)14-7-8-15(22)16(23)11-14/h2-8,11,19H,9-10,12H2,1H3,(H,24,28). The summed E-state index contributed by atoms with van der Waals surface area (Å²) in [5, 5.41) is 3.73. The van der Waals surface area contributed by atoms with Crippen LogP contribution in [0, 0.1) is 0 Å². The molecule has 4 rings (SSSR count). The number of amides is 3. The number of urea groups is 1. The van der Waals surface area contributed by atoms with Crippen LogP contribution in [0.3, 0.4) is 0 Å². The Morgan fingerprint density at radius 2 is 1.82 bits per heavy atom. The Morgan fingerprint density at radius 1 is 1.07 bits per heavy atom. The third-order valence-electron chi connectivity index (χ3n) is 5.23. The molecule has 2 aliphatic heterocycles. The maximum Gasteiger partial charge on any atom is 0.322 e. The van der Waals surface area contributed by atoms with Crippen LogP contribution < -0.4 is 5.32 Å². The van der Waals surface area contributed by atoms with Crippen molar-refractivity contribution in [3.05, 3.63) is 81.0 Å². The van der Waals surface area contributed by atoms with E-state index in [9.17, 15) is 9.59 Å². The van der Waals surface area contributed by atoms with Crippen molar-refractivity contribution in [2.75, 3.05) is 20.1 Å². The molecule has 1 N–H and O–H groups in total. The topological polar surface area (TPSA) is 52.7 Å². The minimum atomic E-state index is -0.539. The molecule has 2 aromatic carbocycles. The number of nitrogens with zero attached hydrogens (tertiary/aromatic N) is 2. The van der Waals surface area contributed by atoms with Crippen LogP contribution in [0.4, 0.5) is 4.79 Å². The highest BCUT2D eigenvalue weighted by molar-refractivity contribution is 6.42. The van der Waals surface area contributed by atoms with Gasteiger partial charge in [0.05, 0.1) is 33.9 Å². The van der Waals surface area contributed by atoms with Gasteiger partial charge in [0.2, 0.25) is 0 Å². The Kier molecular flexibility index (Phi) is 5.04. The SMILES string of the molecule is CN1C(=O)NC(c2ccc(Cl)c(Cl)c2)C2=C1CN(CCc1ccccc1)C2=O. The second-order valence-electron chi connectivity index (χ2n) is 6.94. The van der Waals surface area contributed by atoms with E-state index in [0.29, 0.717) is 28.7 Å². The number of carbonyl (C=O) groups is 2. The van der Waals surface area contributed by atoms with Crippen molar-refractivity contribution < 1.29 is 9.59 Å². The number of carbonyl (C=O) groups excluding carboxylic acids is 2. The van der Waals surface area contributed by atoms with E-state index in [0.717, 1.165) is 17.7 Å². The Morgan fingerprint density at radius 3 is 2.54 bits per heavy atom. The second kappa shape index (κ2) is 7.49. The van der Waals surface area contributed by atoms with E-state index < -0.39 is 6.04 Å². The lowest BCUT2D eigenvalue weighted by molar-refractivity contribution is -0.125. The number of benzene rings is 2. The molecule has 2 heterocycles. The molecule has 2 aromatic rings. The van der Waals surface area contributed by atoms with E-state index in [1.807, 2.05) is 30.3 Å². The average Bonchev–Trinajstić information content (AvgIpc) is 3.03. The molecule has 0 bridgehead atoms. The van der Waals surface area contributed by atoms with Crippen molar-refractivity contribution in [2.45, 2.75) is 12.5 Å². The van der Waals surface area contributed by atoms with Crippen LogP contribution in [-0.4, -0.2) is 41.9 Å². The minimum Gasteiger partial charge on any atom is -0.333 e. The van der Waals surface area contributed by atoms with E-state index >= 15 is 0 Å². The van der Waals surface area contributed by atoms with Crippen molar-refractivity contribution in [1.82, 2.24) is 15.1 Å². The quantitative estimate of drug-likeness (QED) is 0.819. The largest absolute Gasteiger partial charge is 0.333 e. The van der Waals surface area contributed by atoms with Crippen molar-refractivity contribution in [3.63, 3.8) is 0 Å². The summed E-state index contributed by atoms with van der Waals surface area (Å²) < 4.78 is 0. The Balaban J connectivity index is 1.61. The first-order valence-electron chi connectivity index (χ1n) is 9.01. The van der Waals surface area contributed by atoms with E-state index in [-0.39, 0.29) is 11.9 Å². The lowest BCUT2D eigenvalue weighted by atomic mass is 9.96. The van der Waals surface area contributed by atoms with Gasteiger partial charge in [0.25, 0.3) is 5.91 Å². The average molecular weight is 416 g/mol. The zero-order chi connectivity index (χ0) is 19.8. The molecular weight excluding hydrogens is 397 g/mol. The minimum absolute atomic E-state index is 0.0612. The Bertz CT molecular complexity index is 975. The molecule has 0 aromatic heterocycles. The first kappa shape index (κ1) is 18.8. The predicted molar refractivity (Wildman–Crippen MR) is 109 cm³/mol. The maximum absolute atomic E-state index is 13.2. The van der Waals surface area contributed by atoms with Gasteiger partial charge in [-0.2, -0.15) is 0 Å². The molecule has 7 heteroatoms. The fourth-order valence-electron chi connectivity index (χ4n) is 3.65. The summed E-state index contributed by atoms with van der Waals surface area (Å²) in [4.78, 5) is 28.9. The number of halogens is 2. The highest BCUT2D eigenvalue weighted by atomic mass is 35.5. The van der Waals surface area contributed by atoms with Crippen LogP contribution in [0.1, 0.15) is 17.2 Å². The summed E-state index contributed by atoms with van der Waals surface area (Å²) >= 11 is 12.2. The Labute approximate surface area is 173 Å². The maximum atomic E-state index is 13.2. The summed E-state index contributed by atoms with van der Waals surface area (Å²) in [5.41, 5.74) is 3.23. The van der Waals surface area contributed by atoms with E-state index in [2.05, 4.69) is 5.32 Å². The third-order valence-corrected chi connectivity index (χ3v) is 5.96. The first-order valence-corrected chi connectivity index (χ1v) is 9.76. The fourth-order valence-corrected chi connectivity index (χ4v) is 3.96. The molecule has 0 saturated heterocycles. The molecule has 0 fully saturated rings. The van der Waals surface area contributed by atoms with Crippen molar-refractivity contribution in [2.24, 2.45) is 0 Å². The van der Waals surface area contributed by atoms with E-state index in [1.54, 1.807) is 30.1 Å². The van der Waals surface area contributed by atoms with Gasteiger partial charge in [-0.15, -0.1) is 0 Å². The molecular formula is C21H19Cl2N3O2. The van der Waals surface area contributed by atoms with Crippen LogP contribution in [-0.2, 0) is 11.2 Å². The smallest absolute Gasteiger partial charge is 0.322 e. The lowest BCUT2D eigenvalue weighted by Crippen LogP contribution is -2.45. The first-order chi connectivity index (χ1) is 13.5. The molecule has 0 radical (unpaired) electrons. The molecule has 1 unspecified atom stereocenters. The summed E-state index contributed by atoms with van der Waals surface area (Å²) in [6, 6.07) is 14.4. The predicted octanol–water partition coefficient (Wildman–Crippen LogP) is 4.03. The number of rotatable bonds is 4. The third kappa shape index (κ3) is 3.36. The zero-order valence-corrected chi connectivity index (χ0v) is 16.8. The molecule has 2 aliphatic rings. The molecule has 3 amide bonds.